The summed E-state index contributed by atoms with van der Waals surface area (Å²) in [5, 5.41) is 23.4. The first kappa shape index (κ1) is 13.5. The molecule has 1 aliphatic rings. The zero-order chi connectivity index (χ0) is 13.0. The van der Waals surface area contributed by atoms with Gasteiger partial charge in [0.2, 0.25) is 0 Å². The van der Waals surface area contributed by atoms with Crippen LogP contribution in [0.15, 0.2) is 11.4 Å². The molecule has 100 valence electrons. The molecule has 1 aromatic rings. The Kier molecular flexibility index (Phi) is 4.74. The highest BCUT2D eigenvalue weighted by Gasteiger charge is 2.26. The van der Waals surface area contributed by atoms with Crippen LogP contribution in [0.2, 0.25) is 0 Å². The van der Waals surface area contributed by atoms with Crippen molar-refractivity contribution >= 4 is 17.3 Å². The summed E-state index contributed by atoms with van der Waals surface area (Å²) >= 11 is 1.27. The summed E-state index contributed by atoms with van der Waals surface area (Å²) in [4.78, 5) is 11.4. The van der Waals surface area contributed by atoms with Gasteiger partial charge in [-0.25, -0.2) is 4.79 Å². The van der Waals surface area contributed by atoms with E-state index in [1.54, 1.807) is 0 Å². The van der Waals surface area contributed by atoms with Gasteiger partial charge in [-0.2, -0.15) is 0 Å². The van der Waals surface area contributed by atoms with Crippen molar-refractivity contribution in [2.24, 2.45) is 11.8 Å². The second kappa shape index (κ2) is 6.31. The predicted octanol–water partition coefficient (Wildman–Crippen LogP) is 1.94. The molecular weight excluding hydrogens is 250 g/mol. The van der Waals surface area contributed by atoms with Crippen molar-refractivity contribution in [1.29, 1.82) is 0 Å². The summed E-state index contributed by atoms with van der Waals surface area (Å²) < 4.78 is 0. The molecule has 0 radical (unpaired) electrons. The van der Waals surface area contributed by atoms with Crippen molar-refractivity contribution in [3.05, 3.63) is 21.9 Å². The summed E-state index contributed by atoms with van der Waals surface area (Å²) in [6, 6.07) is 1.86. The zero-order valence-electron chi connectivity index (χ0n) is 10.3. The average Bonchev–Trinajstić information content (AvgIpc) is 2.97. The summed E-state index contributed by atoms with van der Waals surface area (Å²) in [6.07, 6.45) is 3.46. The van der Waals surface area contributed by atoms with Crippen molar-refractivity contribution in [2.45, 2.75) is 25.8 Å². The van der Waals surface area contributed by atoms with Crippen LogP contribution in [0.25, 0.3) is 0 Å². The number of aliphatic hydroxyl groups is 1. The molecule has 1 fully saturated rings. The summed E-state index contributed by atoms with van der Waals surface area (Å²) in [7, 11) is 0. The molecule has 4 nitrogen and oxygen atoms in total. The maximum absolute atomic E-state index is 11.0. The van der Waals surface area contributed by atoms with Gasteiger partial charge in [0.15, 0.2) is 0 Å². The van der Waals surface area contributed by atoms with Gasteiger partial charge < -0.3 is 15.5 Å². The number of nitrogens with one attached hydrogen (secondary N) is 1. The Bertz CT molecular complexity index is 405. The van der Waals surface area contributed by atoms with E-state index in [2.05, 4.69) is 5.32 Å². The molecule has 2 rings (SSSR count). The van der Waals surface area contributed by atoms with E-state index in [4.69, 9.17) is 5.11 Å². The van der Waals surface area contributed by atoms with Gasteiger partial charge in [0.25, 0.3) is 0 Å². The molecule has 0 saturated heterocycles. The third-order valence-corrected chi connectivity index (χ3v) is 4.66. The van der Waals surface area contributed by atoms with Crippen LogP contribution in [-0.4, -0.2) is 29.3 Å². The molecule has 1 saturated carbocycles. The van der Waals surface area contributed by atoms with Gasteiger partial charge in [-0.1, -0.05) is 6.42 Å². The SMILES string of the molecule is O=C(O)c1sccc1CNCC1CCCC1CO. The van der Waals surface area contributed by atoms with Gasteiger partial charge in [0.05, 0.1) is 0 Å². The molecule has 0 amide bonds. The van der Waals surface area contributed by atoms with Gasteiger partial charge in [-0.05, 0) is 48.2 Å². The maximum Gasteiger partial charge on any atom is 0.346 e. The van der Waals surface area contributed by atoms with E-state index in [0.717, 1.165) is 24.9 Å². The Labute approximate surface area is 111 Å². The van der Waals surface area contributed by atoms with Crippen molar-refractivity contribution in [3.8, 4) is 0 Å². The molecule has 5 heteroatoms. The zero-order valence-corrected chi connectivity index (χ0v) is 11.1. The van der Waals surface area contributed by atoms with Crippen LogP contribution in [0.1, 0.15) is 34.5 Å². The molecule has 18 heavy (non-hydrogen) atoms. The van der Waals surface area contributed by atoms with Gasteiger partial charge in [-0.3, -0.25) is 0 Å². The minimum atomic E-state index is -0.851. The number of aromatic carboxylic acids is 1. The number of carboxylic acids is 1. The van der Waals surface area contributed by atoms with Crippen LogP contribution in [0.4, 0.5) is 0 Å². The van der Waals surface area contributed by atoms with Crippen molar-refractivity contribution in [1.82, 2.24) is 5.32 Å². The lowest BCUT2D eigenvalue weighted by molar-refractivity contribution is 0.0701. The van der Waals surface area contributed by atoms with Gasteiger partial charge in [-0.15, -0.1) is 11.3 Å². The van der Waals surface area contributed by atoms with E-state index < -0.39 is 5.97 Å². The van der Waals surface area contributed by atoms with Gasteiger partial charge in [0.1, 0.15) is 4.88 Å². The highest BCUT2D eigenvalue weighted by molar-refractivity contribution is 7.12. The van der Waals surface area contributed by atoms with Crippen LogP contribution in [0.3, 0.4) is 0 Å². The molecule has 0 aliphatic heterocycles. The van der Waals surface area contributed by atoms with E-state index in [9.17, 15) is 9.90 Å². The first-order chi connectivity index (χ1) is 8.72. The molecule has 2 unspecified atom stereocenters. The number of rotatable bonds is 6. The number of hydrogen-bond donors (Lipinski definition) is 3. The summed E-state index contributed by atoms with van der Waals surface area (Å²) in [6.45, 7) is 1.73. The fourth-order valence-electron chi connectivity index (χ4n) is 2.68. The molecule has 1 heterocycles. The fourth-order valence-corrected chi connectivity index (χ4v) is 3.44. The van der Waals surface area contributed by atoms with Crippen molar-refractivity contribution in [3.63, 3.8) is 0 Å². The number of aliphatic hydroxyl groups excluding tert-OH is 1. The molecule has 0 spiro atoms. The first-order valence-electron chi connectivity index (χ1n) is 6.33. The lowest BCUT2D eigenvalue weighted by Gasteiger charge is -2.17. The van der Waals surface area contributed by atoms with Crippen molar-refractivity contribution in [2.75, 3.05) is 13.2 Å². The van der Waals surface area contributed by atoms with E-state index in [-0.39, 0.29) is 6.61 Å². The Morgan fingerprint density at radius 1 is 1.44 bits per heavy atom. The first-order valence-corrected chi connectivity index (χ1v) is 7.21. The Hall–Kier alpha value is -0.910. The summed E-state index contributed by atoms with van der Waals surface area (Å²) in [5.41, 5.74) is 0.853. The fraction of sp³-hybridized carbons (Fsp3) is 0.615. The van der Waals surface area contributed by atoms with Gasteiger partial charge >= 0.3 is 5.97 Å². The molecule has 1 aromatic heterocycles. The van der Waals surface area contributed by atoms with Crippen LogP contribution in [0.5, 0.6) is 0 Å². The average molecular weight is 269 g/mol. The smallest absolute Gasteiger partial charge is 0.346 e. The van der Waals surface area contributed by atoms with Crippen molar-refractivity contribution < 1.29 is 15.0 Å². The maximum atomic E-state index is 11.0. The van der Waals surface area contributed by atoms with Crippen LogP contribution >= 0.6 is 11.3 Å². The molecule has 0 aromatic carbocycles. The van der Waals surface area contributed by atoms with Crippen LogP contribution < -0.4 is 5.32 Å². The molecule has 3 N–H and O–H groups in total. The number of carboxylic acid groups (broad SMARTS) is 1. The summed E-state index contributed by atoms with van der Waals surface area (Å²) in [5.74, 6) is 0.0942. The van der Waals surface area contributed by atoms with Gasteiger partial charge in [0, 0.05) is 13.2 Å². The van der Waals surface area contributed by atoms with E-state index in [1.807, 2.05) is 11.4 Å². The number of thiophene rings is 1. The Balaban J connectivity index is 1.81. The van der Waals surface area contributed by atoms with E-state index >= 15 is 0 Å². The molecule has 2 atom stereocenters. The normalized spacial score (nSPS) is 23.4. The predicted molar refractivity (Wildman–Crippen MR) is 70.9 cm³/mol. The molecule has 0 bridgehead atoms. The highest BCUT2D eigenvalue weighted by Crippen LogP contribution is 2.30. The third kappa shape index (κ3) is 3.10. The topological polar surface area (TPSA) is 69.6 Å². The van der Waals surface area contributed by atoms with E-state index in [1.165, 1.54) is 17.8 Å². The second-order valence-corrected chi connectivity index (χ2v) is 5.76. The Morgan fingerprint density at radius 2 is 2.22 bits per heavy atom. The number of hydrogen-bond acceptors (Lipinski definition) is 4. The van der Waals surface area contributed by atoms with Crippen LogP contribution in [-0.2, 0) is 6.54 Å². The Morgan fingerprint density at radius 3 is 2.94 bits per heavy atom. The standard InChI is InChI=1S/C13H19NO3S/c15-8-11-3-1-2-9(11)6-14-7-10-4-5-18-12(10)13(16)17/h4-5,9,11,14-15H,1-3,6-8H2,(H,16,17). The highest BCUT2D eigenvalue weighted by atomic mass is 32.1. The number of carbonyl (C=O) groups is 1. The molecular formula is C13H19NO3S. The monoisotopic (exact) mass is 269 g/mol. The minimum absolute atomic E-state index is 0.269. The lowest BCUT2D eigenvalue weighted by Crippen LogP contribution is -2.26. The van der Waals surface area contributed by atoms with Crippen LogP contribution in [0, 0.1) is 11.8 Å². The lowest BCUT2D eigenvalue weighted by atomic mass is 9.97. The minimum Gasteiger partial charge on any atom is -0.477 e. The quantitative estimate of drug-likeness (QED) is 0.738. The second-order valence-electron chi connectivity index (χ2n) is 4.84. The molecule has 1 aliphatic carbocycles. The largest absolute Gasteiger partial charge is 0.477 e. The third-order valence-electron chi connectivity index (χ3n) is 3.71. The van der Waals surface area contributed by atoms with E-state index in [0.29, 0.717) is 23.3 Å².